The van der Waals surface area contributed by atoms with Crippen LogP contribution in [0.2, 0.25) is 0 Å². The fourth-order valence-corrected chi connectivity index (χ4v) is 4.46. The van der Waals surface area contributed by atoms with Crippen LogP contribution in [0.15, 0.2) is 17.0 Å². The van der Waals surface area contributed by atoms with Crippen molar-refractivity contribution in [3.05, 3.63) is 23.3 Å². The Morgan fingerprint density at radius 3 is 2.65 bits per heavy atom. The van der Waals surface area contributed by atoms with Crippen molar-refractivity contribution in [2.24, 2.45) is 5.92 Å². The average molecular weight is 296 g/mol. The van der Waals surface area contributed by atoms with E-state index >= 15 is 0 Å². The van der Waals surface area contributed by atoms with Gasteiger partial charge in [0.1, 0.15) is 0 Å². The van der Waals surface area contributed by atoms with E-state index < -0.39 is 10.0 Å². The molecule has 0 saturated carbocycles. The van der Waals surface area contributed by atoms with E-state index in [1.54, 1.807) is 16.4 Å². The number of rotatable bonds is 4. The van der Waals surface area contributed by atoms with Crippen molar-refractivity contribution in [3.63, 3.8) is 0 Å². The van der Waals surface area contributed by atoms with Gasteiger partial charge in [-0.15, -0.1) is 0 Å². The summed E-state index contributed by atoms with van der Waals surface area (Å²) < 4.78 is 26.9. The molecule has 1 atom stereocenters. The summed E-state index contributed by atoms with van der Waals surface area (Å²) in [7, 11) is -3.40. The molecule has 2 rings (SSSR count). The summed E-state index contributed by atoms with van der Waals surface area (Å²) >= 11 is 0. The summed E-state index contributed by atoms with van der Waals surface area (Å²) in [5.74, 6) is 0.499. The fourth-order valence-electron chi connectivity index (χ4n) is 2.81. The van der Waals surface area contributed by atoms with Crippen molar-refractivity contribution >= 4 is 15.7 Å². The molecular weight excluding hydrogens is 272 g/mol. The molecule has 1 aromatic rings. The van der Waals surface area contributed by atoms with E-state index in [9.17, 15) is 8.42 Å². The summed E-state index contributed by atoms with van der Waals surface area (Å²) in [6.07, 6.45) is 3.17. The lowest BCUT2D eigenvalue weighted by Gasteiger charge is -2.18. The molecule has 0 spiro atoms. The zero-order chi connectivity index (χ0) is 14.9. The molecule has 0 amide bonds. The third-order valence-electron chi connectivity index (χ3n) is 4.26. The van der Waals surface area contributed by atoms with Gasteiger partial charge in [-0.25, -0.2) is 8.42 Å². The molecule has 0 bridgehead atoms. The average Bonchev–Trinajstić information content (AvgIpc) is 2.85. The van der Waals surface area contributed by atoms with Crippen molar-refractivity contribution in [2.75, 3.05) is 18.8 Å². The third kappa shape index (κ3) is 2.83. The lowest BCUT2D eigenvalue weighted by molar-refractivity contribution is 0.444. The molecule has 1 saturated heterocycles. The highest BCUT2D eigenvalue weighted by molar-refractivity contribution is 7.89. The molecule has 2 N–H and O–H groups in total. The molecule has 1 fully saturated rings. The Morgan fingerprint density at radius 1 is 1.35 bits per heavy atom. The van der Waals surface area contributed by atoms with Gasteiger partial charge >= 0.3 is 0 Å². The second-order valence-corrected chi connectivity index (χ2v) is 7.70. The number of benzene rings is 1. The van der Waals surface area contributed by atoms with E-state index in [1.165, 1.54) is 0 Å². The number of sulfonamides is 1. The Morgan fingerprint density at radius 2 is 2.05 bits per heavy atom. The minimum atomic E-state index is -3.40. The van der Waals surface area contributed by atoms with Crippen LogP contribution in [-0.4, -0.2) is 25.8 Å². The smallest absolute Gasteiger partial charge is 0.243 e. The Balaban J connectivity index is 2.28. The summed E-state index contributed by atoms with van der Waals surface area (Å²) in [6, 6.07) is 3.32. The van der Waals surface area contributed by atoms with Gasteiger partial charge in [-0.05, 0) is 55.9 Å². The summed E-state index contributed by atoms with van der Waals surface area (Å²) in [4.78, 5) is 0.329. The number of hydrogen-bond donors (Lipinski definition) is 1. The Hall–Kier alpha value is -1.07. The zero-order valence-corrected chi connectivity index (χ0v) is 13.3. The Kier molecular flexibility index (Phi) is 4.39. The van der Waals surface area contributed by atoms with Gasteiger partial charge in [0.15, 0.2) is 0 Å². The number of nitrogens with zero attached hydrogens (tertiary/aromatic N) is 1. The van der Waals surface area contributed by atoms with Crippen LogP contribution in [0.5, 0.6) is 0 Å². The van der Waals surface area contributed by atoms with Crippen LogP contribution in [0, 0.1) is 19.8 Å². The van der Waals surface area contributed by atoms with Gasteiger partial charge < -0.3 is 5.73 Å². The highest BCUT2D eigenvalue weighted by atomic mass is 32.2. The molecule has 0 aromatic heterocycles. The number of nitrogens with two attached hydrogens (primary N) is 1. The minimum Gasteiger partial charge on any atom is -0.398 e. The van der Waals surface area contributed by atoms with Crippen molar-refractivity contribution in [3.8, 4) is 0 Å². The number of nitrogen functional groups attached to an aromatic ring is 1. The fraction of sp³-hybridized carbons (Fsp3) is 0.600. The molecule has 5 heteroatoms. The Bertz CT molecular complexity index is 573. The van der Waals surface area contributed by atoms with Crippen molar-refractivity contribution in [1.29, 1.82) is 0 Å². The van der Waals surface area contributed by atoms with Crippen molar-refractivity contribution in [2.45, 2.75) is 44.9 Å². The van der Waals surface area contributed by atoms with E-state index in [1.807, 2.05) is 13.8 Å². The molecule has 1 aliphatic heterocycles. The maximum Gasteiger partial charge on any atom is 0.243 e. The van der Waals surface area contributed by atoms with E-state index in [4.69, 9.17) is 5.73 Å². The summed E-state index contributed by atoms with van der Waals surface area (Å²) in [5, 5.41) is 0. The van der Waals surface area contributed by atoms with Gasteiger partial charge in [0.2, 0.25) is 10.0 Å². The second-order valence-electron chi connectivity index (χ2n) is 5.76. The molecule has 1 aromatic carbocycles. The largest absolute Gasteiger partial charge is 0.398 e. The third-order valence-corrected chi connectivity index (χ3v) is 6.11. The first-order chi connectivity index (χ1) is 9.36. The van der Waals surface area contributed by atoms with Gasteiger partial charge in [0.25, 0.3) is 0 Å². The van der Waals surface area contributed by atoms with Crippen LogP contribution in [0.3, 0.4) is 0 Å². The van der Waals surface area contributed by atoms with Gasteiger partial charge in [-0.3, -0.25) is 0 Å². The molecule has 20 heavy (non-hydrogen) atoms. The first-order valence-electron chi connectivity index (χ1n) is 7.23. The van der Waals surface area contributed by atoms with E-state index in [0.29, 0.717) is 29.6 Å². The predicted octanol–water partition coefficient (Wildman–Crippen LogP) is 2.70. The second kappa shape index (κ2) is 5.74. The van der Waals surface area contributed by atoms with Crippen molar-refractivity contribution < 1.29 is 8.42 Å². The van der Waals surface area contributed by atoms with Gasteiger partial charge in [0, 0.05) is 18.8 Å². The van der Waals surface area contributed by atoms with Gasteiger partial charge in [-0.1, -0.05) is 13.3 Å². The minimum absolute atomic E-state index is 0.329. The highest BCUT2D eigenvalue weighted by Crippen LogP contribution is 2.29. The molecule has 4 nitrogen and oxygen atoms in total. The van der Waals surface area contributed by atoms with E-state index in [0.717, 1.165) is 30.4 Å². The highest BCUT2D eigenvalue weighted by Gasteiger charge is 2.32. The topological polar surface area (TPSA) is 63.4 Å². The molecule has 0 aliphatic carbocycles. The van der Waals surface area contributed by atoms with Gasteiger partial charge in [0.05, 0.1) is 4.90 Å². The van der Waals surface area contributed by atoms with E-state index in [-0.39, 0.29) is 0 Å². The molecule has 0 radical (unpaired) electrons. The van der Waals surface area contributed by atoms with Crippen LogP contribution < -0.4 is 5.73 Å². The van der Waals surface area contributed by atoms with E-state index in [2.05, 4.69) is 6.92 Å². The first kappa shape index (κ1) is 15.3. The zero-order valence-electron chi connectivity index (χ0n) is 12.5. The van der Waals surface area contributed by atoms with Crippen LogP contribution in [0.1, 0.15) is 37.3 Å². The molecule has 1 heterocycles. The standard InChI is InChI=1S/C15H24N2O2S/c1-4-5-13-6-7-17(10-13)20(18,19)14-8-11(2)12(3)15(16)9-14/h8-9,13H,4-7,10,16H2,1-3H3. The number of aryl methyl sites for hydroxylation is 1. The maximum absolute atomic E-state index is 12.7. The predicted molar refractivity (Wildman–Crippen MR) is 82.1 cm³/mol. The van der Waals surface area contributed by atoms with Crippen LogP contribution in [0.25, 0.3) is 0 Å². The molecule has 1 aliphatic rings. The van der Waals surface area contributed by atoms with Crippen LogP contribution in [0.4, 0.5) is 5.69 Å². The monoisotopic (exact) mass is 296 g/mol. The quantitative estimate of drug-likeness (QED) is 0.869. The lowest BCUT2D eigenvalue weighted by atomic mass is 10.0. The number of hydrogen-bond acceptors (Lipinski definition) is 3. The first-order valence-corrected chi connectivity index (χ1v) is 8.67. The van der Waals surface area contributed by atoms with Crippen LogP contribution in [-0.2, 0) is 10.0 Å². The Labute approximate surface area is 122 Å². The lowest BCUT2D eigenvalue weighted by Crippen LogP contribution is -2.29. The molecular formula is C15H24N2O2S. The molecule has 112 valence electrons. The number of anilines is 1. The SMILES string of the molecule is CCCC1CCN(S(=O)(=O)c2cc(C)c(C)c(N)c2)C1. The molecule has 1 unspecified atom stereocenters. The van der Waals surface area contributed by atoms with Crippen molar-refractivity contribution in [1.82, 2.24) is 4.31 Å². The van der Waals surface area contributed by atoms with Crippen LogP contribution >= 0.6 is 0 Å². The van der Waals surface area contributed by atoms with Gasteiger partial charge in [-0.2, -0.15) is 4.31 Å². The maximum atomic E-state index is 12.7. The summed E-state index contributed by atoms with van der Waals surface area (Å²) in [5.41, 5.74) is 8.33. The summed E-state index contributed by atoms with van der Waals surface area (Å²) in [6.45, 7) is 7.22. The normalized spacial score (nSPS) is 20.4.